The molecule has 3 atom stereocenters. The zero-order chi connectivity index (χ0) is 16.7. The first kappa shape index (κ1) is 17.3. The molecule has 4 fully saturated rings. The van der Waals surface area contributed by atoms with E-state index in [9.17, 15) is 0 Å². The van der Waals surface area contributed by atoms with Gasteiger partial charge < -0.3 is 4.90 Å². The van der Waals surface area contributed by atoms with Gasteiger partial charge in [-0.25, -0.2) is 0 Å². The van der Waals surface area contributed by atoms with Crippen molar-refractivity contribution in [1.29, 1.82) is 0 Å². The number of fused-ring (bicyclic) bond motifs is 1. The Balaban J connectivity index is 1.23. The third kappa shape index (κ3) is 3.54. The lowest BCUT2D eigenvalue weighted by Gasteiger charge is -2.40. The second kappa shape index (κ2) is 6.89. The van der Waals surface area contributed by atoms with Gasteiger partial charge in [-0.05, 0) is 63.2 Å². The Hall–Kier alpha value is -0.120. The highest BCUT2D eigenvalue weighted by Crippen LogP contribution is 2.51. The van der Waals surface area contributed by atoms with E-state index < -0.39 is 0 Å². The lowest BCUT2D eigenvalue weighted by Crippen LogP contribution is -2.51. The van der Waals surface area contributed by atoms with E-state index in [1.54, 1.807) is 0 Å². The van der Waals surface area contributed by atoms with E-state index >= 15 is 0 Å². The number of piperazine rings is 1. The van der Waals surface area contributed by atoms with Crippen molar-refractivity contribution < 1.29 is 0 Å². The van der Waals surface area contributed by atoms with Crippen molar-refractivity contribution in [2.75, 3.05) is 45.8 Å². The van der Waals surface area contributed by atoms with Gasteiger partial charge in [0.2, 0.25) is 0 Å². The van der Waals surface area contributed by atoms with Crippen LogP contribution in [0.25, 0.3) is 0 Å². The molecule has 2 heterocycles. The summed E-state index contributed by atoms with van der Waals surface area (Å²) in [6.07, 6.45) is 8.85. The van der Waals surface area contributed by atoms with Gasteiger partial charge in [-0.3, -0.25) is 9.80 Å². The molecular formula is C21H39N3. The van der Waals surface area contributed by atoms with Crippen molar-refractivity contribution in [2.45, 2.75) is 71.4 Å². The Morgan fingerprint density at radius 1 is 0.958 bits per heavy atom. The van der Waals surface area contributed by atoms with Crippen LogP contribution >= 0.6 is 0 Å². The van der Waals surface area contributed by atoms with E-state index in [1.165, 1.54) is 84.3 Å². The molecule has 0 bridgehead atoms. The van der Waals surface area contributed by atoms with Gasteiger partial charge in [0.15, 0.2) is 0 Å². The first-order valence-corrected chi connectivity index (χ1v) is 10.8. The fourth-order valence-corrected chi connectivity index (χ4v) is 6.08. The molecule has 3 heteroatoms. The minimum atomic E-state index is 0.724. The number of hydrogen-bond acceptors (Lipinski definition) is 3. The van der Waals surface area contributed by atoms with Crippen LogP contribution in [0.15, 0.2) is 0 Å². The van der Waals surface area contributed by atoms with Gasteiger partial charge in [0, 0.05) is 57.9 Å². The molecule has 3 nitrogen and oxygen atoms in total. The molecule has 0 aromatic rings. The maximum atomic E-state index is 2.85. The molecule has 4 aliphatic rings. The van der Waals surface area contributed by atoms with Crippen LogP contribution in [0, 0.1) is 17.3 Å². The van der Waals surface area contributed by atoms with Crippen LogP contribution in [0.1, 0.15) is 59.3 Å². The predicted octanol–water partition coefficient (Wildman–Crippen LogP) is 3.30. The van der Waals surface area contributed by atoms with E-state index in [0.29, 0.717) is 0 Å². The Labute approximate surface area is 149 Å². The summed E-state index contributed by atoms with van der Waals surface area (Å²) >= 11 is 0. The minimum Gasteiger partial charge on any atom is -0.302 e. The molecule has 0 amide bonds. The van der Waals surface area contributed by atoms with E-state index in [2.05, 4.69) is 35.5 Å². The van der Waals surface area contributed by atoms with Crippen molar-refractivity contribution in [3.8, 4) is 0 Å². The maximum Gasteiger partial charge on any atom is 0.0113 e. The first-order chi connectivity index (χ1) is 11.6. The van der Waals surface area contributed by atoms with Crippen LogP contribution in [0.2, 0.25) is 0 Å². The zero-order valence-electron chi connectivity index (χ0n) is 16.3. The molecular weight excluding hydrogens is 294 g/mol. The normalized spacial score (nSPS) is 37.2. The molecule has 0 aromatic heterocycles. The molecule has 2 saturated heterocycles. The number of rotatable bonds is 6. The molecule has 1 unspecified atom stereocenters. The van der Waals surface area contributed by atoms with Crippen molar-refractivity contribution in [2.24, 2.45) is 17.3 Å². The Kier molecular flexibility index (Phi) is 4.96. The lowest BCUT2D eigenvalue weighted by atomic mass is 10.00. The van der Waals surface area contributed by atoms with Gasteiger partial charge in [0.1, 0.15) is 0 Å². The molecule has 0 aromatic carbocycles. The molecule has 0 spiro atoms. The topological polar surface area (TPSA) is 9.72 Å². The van der Waals surface area contributed by atoms with Crippen molar-refractivity contribution in [1.82, 2.24) is 14.7 Å². The first-order valence-electron chi connectivity index (χ1n) is 10.8. The van der Waals surface area contributed by atoms with Crippen LogP contribution in [0.4, 0.5) is 0 Å². The SMILES string of the molecule is CCCC1(CN2C[C@H]3CC(N4CCN(C(C)C)CC4)C[C@H]3C2)CC1. The van der Waals surface area contributed by atoms with Crippen LogP contribution in [-0.2, 0) is 0 Å². The molecule has 0 radical (unpaired) electrons. The second-order valence-corrected chi connectivity index (χ2v) is 9.76. The molecule has 24 heavy (non-hydrogen) atoms. The highest BCUT2D eigenvalue weighted by molar-refractivity contribution is 5.01. The monoisotopic (exact) mass is 333 g/mol. The van der Waals surface area contributed by atoms with Crippen molar-refractivity contribution >= 4 is 0 Å². The number of nitrogens with zero attached hydrogens (tertiary/aromatic N) is 3. The molecule has 2 aliphatic heterocycles. The van der Waals surface area contributed by atoms with E-state index in [0.717, 1.165) is 29.3 Å². The summed E-state index contributed by atoms with van der Waals surface area (Å²) in [6, 6.07) is 1.63. The number of likely N-dealkylation sites (tertiary alicyclic amines) is 1. The summed E-state index contributed by atoms with van der Waals surface area (Å²) in [5.41, 5.74) is 0.750. The Morgan fingerprint density at radius 2 is 1.58 bits per heavy atom. The van der Waals surface area contributed by atoms with E-state index in [1.807, 2.05) is 0 Å². The fourth-order valence-electron chi connectivity index (χ4n) is 6.08. The standard InChI is InChI=1S/C21H39N3/c1-4-5-21(6-7-21)16-22-14-18-12-20(13-19(18)15-22)24-10-8-23(9-11-24)17(2)3/h17-20H,4-16H2,1-3H3/t18-,19+,20?. The van der Waals surface area contributed by atoms with Gasteiger partial charge in [-0.1, -0.05) is 13.3 Å². The largest absolute Gasteiger partial charge is 0.302 e. The summed E-state index contributed by atoms with van der Waals surface area (Å²) in [7, 11) is 0. The van der Waals surface area contributed by atoms with Gasteiger partial charge in [0.25, 0.3) is 0 Å². The summed E-state index contributed by atoms with van der Waals surface area (Å²) in [6.45, 7) is 16.5. The maximum absolute atomic E-state index is 2.85. The highest BCUT2D eigenvalue weighted by atomic mass is 15.3. The lowest BCUT2D eigenvalue weighted by molar-refractivity contribution is 0.0750. The molecule has 138 valence electrons. The van der Waals surface area contributed by atoms with Gasteiger partial charge in [-0.2, -0.15) is 0 Å². The Morgan fingerprint density at radius 3 is 2.08 bits per heavy atom. The second-order valence-electron chi connectivity index (χ2n) is 9.76. The third-order valence-corrected chi connectivity index (χ3v) is 7.69. The Bertz CT molecular complexity index is 409. The molecule has 2 aliphatic carbocycles. The summed E-state index contributed by atoms with van der Waals surface area (Å²) < 4.78 is 0. The van der Waals surface area contributed by atoms with Crippen LogP contribution in [0.5, 0.6) is 0 Å². The van der Waals surface area contributed by atoms with Gasteiger partial charge >= 0.3 is 0 Å². The molecule has 0 N–H and O–H groups in total. The fraction of sp³-hybridized carbons (Fsp3) is 1.00. The quantitative estimate of drug-likeness (QED) is 0.738. The summed E-state index contributed by atoms with van der Waals surface area (Å²) in [5, 5.41) is 0. The van der Waals surface area contributed by atoms with Crippen molar-refractivity contribution in [3.05, 3.63) is 0 Å². The third-order valence-electron chi connectivity index (χ3n) is 7.69. The number of hydrogen-bond donors (Lipinski definition) is 0. The van der Waals surface area contributed by atoms with Crippen molar-refractivity contribution in [3.63, 3.8) is 0 Å². The van der Waals surface area contributed by atoms with Gasteiger partial charge in [0.05, 0.1) is 0 Å². The van der Waals surface area contributed by atoms with Crippen LogP contribution < -0.4 is 0 Å². The average Bonchev–Trinajstić information content (AvgIpc) is 3.03. The summed E-state index contributed by atoms with van der Waals surface area (Å²) in [5.74, 6) is 2.02. The smallest absolute Gasteiger partial charge is 0.0113 e. The van der Waals surface area contributed by atoms with Gasteiger partial charge in [-0.15, -0.1) is 0 Å². The molecule has 4 rings (SSSR count). The predicted molar refractivity (Wildman–Crippen MR) is 101 cm³/mol. The van der Waals surface area contributed by atoms with Crippen LogP contribution in [-0.4, -0.2) is 72.6 Å². The summed E-state index contributed by atoms with van der Waals surface area (Å²) in [4.78, 5) is 8.34. The van der Waals surface area contributed by atoms with E-state index in [-0.39, 0.29) is 0 Å². The minimum absolute atomic E-state index is 0.724. The average molecular weight is 334 g/mol. The van der Waals surface area contributed by atoms with Crippen LogP contribution in [0.3, 0.4) is 0 Å². The molecule has 2 saturated carbocycles. The highest BCUT2D eigenvalue weighted by Gasteiger charge is 2.48. The zero-order valence-corrected chi connectivity index (χ0v) is 16.3. The van der Waals surface area contributed by atoms with E-state index in [4.69, 9.17) is 0 Å².